The average molecular weight is 497 g/mol. The molecule has 0 aliphatic carbocycles. The predicted octanol–water partition coefficient (Wildman–Crippen LogP) is 7.09. The highest BCUT2D eigenvalue weighted by molar-refractivity contribution is 7.14. The summed E-state index contributed by atoms with van der Waals surface area (Å²) in [6, 6.07) is 34.4. The average Bonchev–Trinajstić information content (AvgIpc) is 2.91. The number of hydrogen-bond donors (Lipinski definition) is 0. The molecule has 4 aromatic rings. The van der Waals surface area contributed by atoms with E-state index in [0.29, 0.717) is 0 Å². The Morgan fingerprint density at radius 1 is 0.622 bits per heavy atom. The second kappa shape index (κ2) is 12.4. The molecule has 0 fully saturated rings. The summed E-state index contributed by atoms with van der Waals surface area (Å²) in [6.07, 6.45) is 4.90. The number of benzene rings is 4. The van der Waals surface area contributed by atoms with Crippen molar-refractivity contribution in [3.63, 3.8) is 0 Å². The summed E-state index contributed by atoms with van der Waals surface area (Å²) >= 11 is 0. The van der Waals surface area contributed by atoms with Gasteiger partial charge in [0.25, 0.3) is 8.07 Å². The van der Waals surface area contributed by atoms with Crippen molar-refractivity contribution in [1.82, 2.24) is 0 Å². The number of aryl methyl sites for hydroxylation is 4. The summed E-state index contributed by atoms with van der Waals surface area (Å²) in [7, 11) is -2.79. The van der Waals surface area contributed by atoms with E-state index in [4.69, 9.17) is 0 Å². The quantitative estimate of drug-likeness (QED) is 0.152. The van der Waals surface area contributed by atoms with Gasteiger partial charge < -0.3 is 0 Å². The second-order valence-corrected chi connectivity index (χ2v) is 13.0. The predicted molar refractivity (Wildman–Crippen MR) is 162 cm³/mol. The molecule has 0 aliphatic heterocycles. The van der Waals surface area contributed by atoms with Gasteiger partial charge in [0.05, 0.1) is 0 Å². The van der Waals surface area contributed by atoms with E-state index in [0.717, 1.165) is 17.5 Å². The van der Waals surface area contributed by atoms with Crippen LogP contribution >= 0.6 is 0 Å². The first kappa shape index (κ1) is 26.3. The van der Waals surface area contributed by atoms with Gasteiger partial charge in [-0.1, -0.05) is 121 Å². The standard InChI is InChI=1S/C36H36Si/c1-5-6-9-14-33-19-21-34(22-20-33)24-26-37(35-17-12-8-13-18-35,25-23-32-15-10-7-11-16-32)36-30(3)27-29(2)28-31(36)4/h7-8,10-13,15-22,27-28H,5-6,9,14H2,1-4H3. The van der Waals surface area contributed by atoms with Crippen molar-refractivity contribution >= 4 is 18.4 Å². The van der Waals surface area contributed by atoms with Gasteiger partial charge in [-0.15, -0.1) is 0 Å². The summed E-state index contributed by atoms with van der Waals surface area (Å²) < 4.78 is 0. The minimum atomic E-state index is -2.79. The Hall–Kier alpha value is -3.78. The number of hydrogen-bond acceptors (Lipinski definition) is 0. The molecule has 1 atom stereocenters. The van der Waals surface area contributed by atoms with Crippen LogP contribution in [0.4, 0.5) is 0 Å². The van der Waals surface area contributed by atoms with Gasteiger partial charge in [0.15, 0.2) is 0 Å². The first-order valence-corrected chi connectivity index (χ1v) is 15.4. The van der Waals surface area contributed by atoms with Crippen LogP contribution in [0.5, 0.6) is 0 Å². The van der Waals surface area contributed by atoms with Crippen LogP contribution in [0.15, 0.2) is 97.1 Å². The molecule has 0 spiro atoms. The Bertz CT molecular complexity index is 1420. The van der Waals surface area contributed by atoms with Gasteiger partial charge in [-0.05, 0) is 84.9 Å². The Morgan fingerprint density at radius 3 is 1.73 bits per heavy atom. The van der Waals surface area contributed by atoms with E-state index in [-0.39, 0.29) is 0 Å². The van der Waals surface area contributed by atoms with Gasteiger partial charge in [-0.25, -0.2) is 0 Å². The second-order valence-electron chi connectivity index (χ2n) is 9.91. The van der Waals surface area contributed by atoms with Crippen LogP contribution in [0, 0.1) is 43.7 Å². The molecule has 4 aromatic carbocycles. The highest BCUT2D eigenvalue weighted by Crippen LogP contribution is 2.15. The van der Waals surface area contributed by atoms with Crippen LogP contribution in [-0.4, -0.2) is 8.07 Å². The van der Waals surface area contributed by atoms with E-state index >= 15 is 0 Å². The first-order valence-electron chi connectivity index (χ1n) is 13.4. The van der Waals surface area contributed by atoms with E-state index in [1.807, 2.05) is 18.2 Å². The molecule has 4 rings (SSSR count). The van der Waals surface area contributed by atoms with Gasteiger partial charge in [-0.2, -0.15) is 0 Å². The summed E-state index contributed by atoms with van der Waals surface area (Å²) in [6.45, 7) is 8.85. The SMILES string of the molecule is CCCCCc1ccc(C#C[Si](C#Cc2ccccc2)(c2ccccc2)c2c(C)cc(C)cc2C)cc1. The third-order valence-electron chi connectivity index (χ3n) is 6.84. The maximum Gasteiger partial charge on any atom is 0.277 e. The van der Waals surface area contributed by atoms with Crippen molar-refractivity contribution in [2.45, 2.75) is 53.4 Å². The zero-order chi connectivity index (χ0) is 26.1. The smallest absolute Gasteiger partial charge is 0.0989 e. The molecule has 0 saturated heterocycles. The monoisotopic (exact) mass is 496 g/mol. The maximum atomic E-state index is 3.84. The van der Waals surface area contributed by atoms with Crippen LogP contribution < -0.4 is 10.4 Å². The molecule has 1 unspecified atom stereocenters. The van der Waals surface area contributed by atoms with E-state index in [1.54, 1.807) is 0 Å². The molecule has 0 heterocycles. The van der Waals surface area contributed by atoms with Crippen LogP contribution in [0.3, 0.4) is 0 Å². The van der Waals surface area contributed by atoms with Gasteiger partial charge in [0, 0.05) is 11.1 Å². The molecule has 0 aliphatic rings. The molecule has 1 heteroatoms. The Labute approximate surface area is 224 Å². The number of unbranched alkanes of at least 4 members (excludes halogenated alkanes) is 2. The van der Waals surface area contributed by atoms with Crippen LogP contribution in [0.25, 0.3) is 0 Å². The fraction of sp³-hybridized carbons (Fsp3) is 0.222. The molecule has 0 bridgehead atoms. The van der Waals surface area contributed by atoms with Crippen molar-refractivity contribution < 1.29 is 0 Å². The van der Waals surface area contributed by atoms with E-state index in [9.17, 15) is 0 Å². The lowest BCUT2D eigenvalue weighted by molar-refractivity contribution is 0.717. The van der Waals surface area contributed by atoms with Crippen molar-refractivity contribution in [2.75, 3.05) is 0 Å². The van der Waals surface area contributed by atoms with Crippen LogP contribution in [0.1, 0.15) is 59.6 Å². The molecule has 37 heavy (non-hydrogen) atoms. The minimum absolute atomic E-state index is 1.02. The Kier molecular flexibility index (Phi) is 8.84. The minimum Gasteiger partial charge on any atom is -0.0989 e. The molecule has 184 valence electrons. The molecular weight excluding hydrogens is 460 g/mol. The van der Waals surface area contributed by atoms with Gasteiger partial charge in [0.2, 0.25) is 0 Å². The Balaban J connectivity index is 1.90. The summed E-state index contributed by atoms with van der Waals surface area (Å²) in [4.78, 5) is 0. The van der Waals surface area contributed by atoms with Crippen LogP contribution in [0.2, 0.25) is 0 Å². The molecule has 0 N–H and O–H groups in total. The largest absolute Gasteiger partial charge is 0.277 e. The van der Waals surface area contributed by atoms with Gasteiger partial charge in [0.1, 0.15) is 0 Å². The molecule has 0 aromatic heterocycles. The molecule has 0 amide bonds. The van der Waals surface area contributed by atoms with Crippen LogP contribution in [-0.2, 0) is 6.42 Å². The third-order valence-corrected chi connectivity index (χ3v) is 10.6. The van der Waals surface area contributed by atoms with Gasteiger partial charge >= 0.3 is 0 Å². The first-order chi connectivity index (χ1) is 18.0. The molecule has 0 saturated carbocycles. The normalized spacial score (nSPS) is 12.0. The zero-order valence-corrected chi connectivity index (χ0v) is 23.6. The third kappa shape index (κ3) is 6.51. The highest BCUT2D eigenvalue weighted by atomic mass is 28.3. The zero-order valence-electron chi connectivity index (χ0n) is 22.6. The Morgan fingerprint density at radius 2 is 1.16 bits per heavy atom. The van der Waals surface area contributed by atoms with Crippen molar-refractivity contribution in [1.29, 1.82) is 0 Å². The van der Waals surface area contributed by atoms with E-state index in [1.165, 1.54) is 51.9 Å². The lowest BCUT2D eigenvalue weighted by Gasteiger charge is -2.26. The molecular formula is C36H36Si. The summed E-state index contributed by atoms with van der Waals surface area (Å²) in [5.74, 6) is 7.13. The van der Waals surface area contributed by atoms with Crippen molar-refractivity contribution in [2.24, 2.45) is 0 Å². The highest BCUT2D eigenvalue weighted by Gasteiger charge is 2.37. The van der Waals surface area contributed by atoms with Gasteiger partial charge in [-0.3, -0.25) is 0 Å². The van der Waals surface area contributed by atoms with Crippen molar-refractivity contribution in [3.8, 4) is 22.9 Å². The van der Waals surface area contributed by atoms with E-state index < -0.39 is 8.07 Å². The fourth-order valence-corrected chi connectivity index (χ4v) is 8.67. The maximum absolute atomic E-state index is 3.84. The summed E-state index contributed by atoms with van der Waals surface area (Å²) in [5, 5.41) is 2.55. The summed E-state index contributed by atoms with van der Waals surface area (Å²) in [5.41, 5.74) is 14.9. The fourth-order valence-electron chi connectivity index (χ4n) is 5.09. The molecule has 0 nitrogen and oxygen atoms in total. The molecule has 0 radical (unpaired) electrons. The lowest BCUT2D eigenvalue weighted by atomic mass is 10.1. The topological polar surface area (TPSA) is 0 Å². The lowest BCUT2D eigenvalue weighted by Crippen LogP contribution is -2.59. The number of rotatable bonds is 6. The van der Waals surface area contributed by atoms with Crippen molar-refractivity contribution in [3.05, 3.63) is 130 Å². The van der Waals surface area contributed by atoms with E-state index in [2.05, 4.69) is 129 Å².